The summed E-state index contributed by atoms with van der Waals surface area (Å²) in [5.74, 6) is -1.06. The van der Waals surface area contributed by atoms with E-state index in [1.165, 1.54) is 0 Å². The van der Waals surface area contributed by atoms with Crippen molar-refractivity contribution in [2.75, 3.05) is 19.6 Å². The van der Waals surface area contributed by atoms with E-state index in [2.05, 4.69) is 0 Å². The first kappa shape index (κ1) is 14.0. The van der Waals surface area contributed by atoms with Gasteiger partial charge in [-0.1, -0.05) is 13.3 Å². The number of likely N-dealkylation sites (tertiary alicyclic amines) is 1. The smallest absolute Gasteiger partial charge is 0.308 e. The molecule has 5 heteroatoms. The molecule has 0 radical (unpaired) electrons. The zero-order chi connectivity index (χ0) is 12.8. The number of rotatable bonds is 6. The molecular weight excluding hydrogens is 220 g/mol. The lowest BCUT2D eigenvalue weighted by Crippen LogP contribution is -2.29. The van der Waals surface area contributed by atoms with Gasteiger partial charge in [0.1, 0.15) is 0 Å². The average Bonchev–Trinajstić information content (AvgIpc) is 2.66. The second-order valence-corrected chi connectivity index (χ2v) is 4.82. The topological polar surface area (TPSA) is 83.6 Å². The number of unbranched alkanes of at least 4 members (excludes halogenated alkanes) is 2. The molecule has 2 atom stereocenters. The Labute approximate surface area is 102 Å². The van der Waals surface area contributed by atoms with Gasteiger partial charge in [0.15, 0.2) is 0 Å². The van der Waals surface area contributed by atoms with Crippen LogP contribution in [0.3, 0.4) is 0 Å². The van der Waals surface area contributed by atoms with Crippen LogP contribution in [0, 0.1) is 11.8 Å². The summed E-state index contributed by atoms with van der Waals surface area (Å²) in [5, 5.41) is 8.98. The first-order valence-corrected chi connectivity index (χ1v) is 6.27. The van der Waals surface area contributed by atoms with E-state index in [1.54, 1.807) is 4.90 Å². The van der Waals surface area contributed by atoms with Gasteiger partial charge in [0.2, 0.25) is 5.91 Å². The predicted octanol–water partition coefficient (Wildman–Crippen LogP) is 0.685. The summed E-state index contributed by atoms with van der Waals surface area (Å²) >= 11 is 0. The van der Waals surface area contributed by atoms with E-state index in [4.69, 9.17) is 10.8 Å². The highest BCUT2D eigenvalue weighted by molar-refractivity contribution is 5.78. The van der Waals surface area contributed by atoms with Crippen molar-refractivity contribution in [1.82, 2.24) is 4.90 Å². The SMILES string of the molecule is C[C@@H]1CN(C(=O)CCCCCN)C[C@H]1C(=O)O. The van der Waals surface area contributed by atoms with Crippen LogP contribution in [-0.2, 0) is 9.59 Å². The molecule has 5 nitrogen and oxygen atoms in total. The van der Waals surface area contributed by atoms with Crippen LogP contribution in [0.4, 0.5) is 0 Å². The molecule has 1 rings (SSSR count). The lowest BCUT2D eigenvalue weighted by Gasteiger charge is -2.15. The van der Waals surface area contributed by atoms with Crippen LogP contribution in [0.15, 0.2) is 0 Å². The Morgan fingerprint density at radius 2 is 2.00 bits per heavy atom. The summed E-state index contributed by atoms with van der Waals surface area (Å²) in [5.41, 5.74) is 5.38. The van der Waals surface area contributed by atoms with Gasteiger partial charge < -0.3 is 15.7 Å². The van der Waals surface area contributed by atoms with E-state index in [1.807, 2.05) is 6.92 Å². The number of carboxylic acid groups (broad SMARTS) is 1. The second kappa shape index (κ2) is 6.59. The lowest BCUT2D eigenvalue weighted by molar-refractivity contribution is -0.142. The van der Waals surface area contributed by atoms with Crippen molar-refractivity contribution in [2.45, 2.75) is 32.6 Å². The Morgan fingerprint density at radius 1 is 1.29 bits per heavy atom. The van der Waals surface area contributed by atoms with Crippen molar-refractivity contribution in [2.24, 2.45) is 17.6 Å². The van der Waals surface area contributed by atoms with Crippen LogP contribution in [0.25, 0.3) is 0 Å². The zero-order valence-electron chi connectivity index (χ0n) is 10.4. The predicted molar refractivity (Wildman–Crippen MR) is 64.4 cm³/mol. The van der Waals surface area contributed by atoms with Crippen LogP contribution in [-0.4, -0.2) is 41.5 Å². The van der Waals surface area contributed by atoms with Gasteiger partial charge in [-0.05, 0) is 25.3 Å². The largest absolute Gasteiger partial charge is 0.481 e. The van der Waals surface area contributed by atoms with Crippen molar-refractivity contribution in [3.05, 3.63) is 0 Å². The summed E-state index contributed by atoms with van der Waals surface area (Å²) in [7, 11) is 0. The number of aliphatic carboxylic acids is 1. The van der Waals surface area contributed by atoms with E-state index in [9.17, 15) is 9.59 Å². The zero-order valence-corrected chi connectivity index (χ0v) is 10.4. The number of nitrogens with zero attached hydrogens (tertiary/aromatic N) is 1. The number of nitrogens with two attached hydrogens (primary N) is 1. The van der Waals surface area contributed by atoms with Crippen molar-refractivity contribution < 1.29 is 14.7 Å². The molecule has 0 aromatic rings. The summed E-state index contributed by atoms with van der Waals surface area (Å²) in [6.07, 6.45) is 3.27. The minimum Gasteiger partial charge on any atom is -0.481 e. The van der Waals surface area contributed by atoms with Crippen LogP contribution in [0.1, 0.15) is 32.6 Å². The molecular formula is C12H22N2O3. The fourth-order valence-electron chi connectivity index (χ4n) is 2.25. The van der Waals surface area contributed by atoms with Crippen molar-refractivity contribution in [1.29, 1.82) is 0 Å². The van der Waals surface area contributed by atoms with Crippen molar-refractivity contribution >= 4 is 11.9 Å². The molecule has 1 aliphatic heterocycles. The third-order valence-electron chi connectivity index (χ3n) is 3.38. The fraction of sp³-hybridized carbons (Fsp3) is 0.833. The molecule has 98 valence electrons. The van der Waals surface area contributed by atoms with Gasteiger partial charge in [-0.3, -0.25) is 9.59 Å². The molecule has 0 spiro atoms. The number of hydrogen-bond acceptors (Lipinski definition) is 3. The van der Waals surface area contributed by atoms with E-state index in [0.29, 0.717) is 26.1 Å². The molecule has 0 aromatic carbocycles. The molecule has 3 N–H and O–H groups in total. The highest BCUT2D eigenvalue weighted by Gasteiger charge is 2.36. The van der Waals surface area contributed by atoms with Crippen LogP contribution in [0.2, 0.25) is 0 Å². The third kappa shape index (κ3) is 4.00. The fourth-order valence-corrected chi connectivity index (χ4v) is 2.25. The van der Waals surface area contributed by atoms with E-state index in [0.717, 1.165) is 19.3 Å². The number of carbonyl (C=O) groups excluding carboxylic acids is 1. The van der Waals surface area contributed by atoms with Crippen molar-refractivity contribution in [3.8, 4) is 0 Å². The summed E-state index contributed by atoms with van der Waals surface area (Å²) in [4.78, 5) is 24.4. The lowest BCUT2D eigenvalue weighted by atomic mass is 9.99. The summed E-state index contributed by atoms with van der Waals surface area (Å²) in [6.45, 7) is 3.50. The van der Waals surface area contributed by atoms with E-state index >= 15 is 0 Å². The molecule has 1 fully saturated rings. The van der Waals surface area contributed by atoms with Gasteiger partial charge in [-0.2, -0.15) is 0 Å². The molecule has 0 unspecified atom stereocenters. The van der Waals surface area contributed by atoms with Crippen LogP contribution >= 0.6 is 0 Å². The van der Waals surface area contributed by atoms with Gasteiger partial charge in [-0.15, -0.1) is 0 Å². The Balaban J connectivity index is 2.32. The van der Waals surface area contributed by atoms with Crippen LogP contribution < -0.4 is 5.73 Å². The van der Waals surface area contributed by atoms with Gasteiger partial charge >= 0.3 is 5.97 Å². The number of hydrogen-bond donors (Lipinski definition) is 2. The maximum atomic E-state index is 11.8. The quantitative estimate of drug-likeness (QED) is 0.671. The summed E-state index contributed by atoms with van der Waals surface area (Å²) in [6, 6.07) is 0. The Hall–Kier alpha value is -1.10. The number of carbonyl (C=O) groups is 2. The number of carboxylic acids is 1. The maximum absolute atomic E-state index is 11.8. The molecule has 0 aromatic heterocycles. The monoisotopic (exact) mass is 242 g/mol. The second-order valence-electron chi connectivity index (χ2n) is 4.82. The first-order chi connectivity index (χ1) is 8.06. The molecule has 1 saturated heterocycles. The molecule has 1 heterocycles. The normalized spacial score (nSPS) is 24.0. The molecule has 0 saturated carbocycles. The van der Waals surface area contributed by atoms with Gasteiger partial charge in [0.25, 0.3) is 0 Å². The third-order valence-corrected chi connectivity index (χ3v) is 3.38. The minimum atomic E-state index is -0.795. The van der Waals surface area contributed by atoms with Crippen LogP contribution in [0.5, 0.6) is 0 Å². The number of amides is 1. The Kier molecular flexibility index (Phi) is 5.41. The molecule has 1 amide bonds. The highest BCUT2D eigenvalue weighted by atomic mass is 16.4. The highest BCUT2D eigenvalue weighted by Crippen LogP contribution is 2.23. The van der Waals surface area contributed by atoms with E-state index < -0.39 is 11.9 Å². The van der Waals surface area contributed by atoms with Gasteiger partial charge in [-0.25, -0.2) is 0 Å². The van der Waals surface area contributed by atoms with Gasteiger partial charge in [0.05, 0.1) is 5.92 Å². The Morgan fingerprint density at radius 3 is 2.53 bits per heavy atom. The Bertz CT molecular complexity index is 281. The molecule has 17 heavy (non-hydrogen) atoms. The summed E-state index contributed by atoms with van der Waals surface area (Å²) < 4.78 is 0. The molecule has 1 aliphatic rings. The van der Waals surface area contributed by atoms with Gasteiger partial charge in [0, 0.05) is 19.5 Å². The molecule has 0 aliphatic carbocycles. The average molecular weight is 242 g/mol. The minimum absolute atomic E-state index is 0.0560. The van der Waals surface area contributed by atoms with Crippen molar-refractivity contribution in [3.63, 3.8) is 0 Å². The van der Waals surface area contributed by atoms with E-state index in [-0.39, 0.29) is 11.8 Å². The molecule has 0 bridgehead atoms. The standard InChI is InChI=1S/C12H22N2O3/c1-9-7-14(8-10(9)12(16)17)11(15)5-3-2-4-6-13/h9-10H,2-8,13H2,1H3,(H,16,17)/t9-,10-/m1/s1. The first-order valence-electron chi connectivity index (χ1n) is 6.27. The maximum Gasteiger partial charge on any atom is 0.308 e.